The summed E-state index contributed by atoms with van der Waals surface area (Å²) in [5.41, 5.74) is 6.58. The fourth-order valence-corrected chi connectivity index (χ4v) is 1.42. The molecule has 0 aliphatic carbocycles. The molecular formula is C11H14N4O. The lowest BCUT2D eigenvalue weighted by atomic mass is 10.2. The molecule has 2 aromatic heterocycles. The van der Waals surface area contributed by atoms with Crippen LogP contribution in [0.25, 0.3) is 11.5 Å². The number of aromatic nitrogens is 3. The Balaban J connectivity index is 2.20. The highest BCUT2D eigenvalue weighted by Gasteiger charge is 2.14. The predicted molar refractivity (Wildman–Crippen MR) is 59.4 cm³/mol. The molecule has 0 aromatic carbocycles. The topological polar surface area (TPSA) is 77.8 Å². The number of hydrogen-bond acceptors (Lipinski definition) is 5. The van der Waals surface area contributed by atoms with Gasteiger partial charge < -0.3 is 10.3 Å². The molecule has 1 unspecified atom stereocenters. The maximum Gasteiger partial charge on any atom is 0.243 e. The zero-order chi connectivity index (χ0) is 11.4. The Morgan fingerprint density at radius 1 is 1.44 bits per heavy atom. The second-order valence-corrected chi connectivity index (χ2v) is 3.57. The van der Waals surface area contributed by atoms with Crippen molar-refractivity contribution in [2.24, 2.45) is 5.73 Å². The number of nitrogens with two attached hydrogens (primary N) is 1. The van der Waals surface area contributed by atoms with E-state index in [4.69, 9.17) is 10.3 Å². The molecule has 0 aliphatic rings. The minimum Gasteiger partial charge on any atom is -0.337 e. The maximum atomic E-state index is 5.88. The highest BCUT2D eigenvalue weighted by Crippen LogP contribution is 2.17. The van der Waals surface area contributed by atoms with Gasteiger partial charge in [0.05, 0.1) is 6.04 Å². The van der Waals surface area contributed by atoms with Crippen molar-refractivity contribution in [3.8, 4) is 11.5 Å². The first kappa shape index (κ1) is 10.8. The molecule has 84 valence electrons. The van der Waals surface area contributed by atoms with Crippen molar-refractivity contribution < 1.29 is 4.52 Å². The molecule has 0 amide bonds. The number of pyridine rings is 1. The first-order valence-electron chi connectivity index (χ1n) is 5.32. The van der Waals surface area contributed by atoms with Gasteiger partial charge in [-0.3, -0.25) is 4.98 Å². The van der Waals surface area contributed by atoms with Crippen LogP contribution in [0.2, 0.25) is 0 Å². The third kappa shape index (κ3) is 2.25. The Labute approximate surface area is 93.7 Å². The van der Waals surface area contributed by atoms with E-state index >= 15 is 0 Å². The van der Waals surface area contributed by atoms with Crippen LogP contribution in [0, 0.1) is 0 Å². The number of hydrogen-bond donors (Lipinski definition) is 1. The molecule has 0 bridgehead atoms. The van der Waals surface area contributed by atoms with Crippen molar-refractivity contribution >= 4 is 0 Å². The Morgan fingerprint density at radius 2 is 2.31 bits per heavy atom. The minimum absolute atomic E-state index is 0.185. The van der Waals surface area contributed by atoms with E-state index in [1.54, 1.807) is 6.20 Å². The molecule has 2 rings (SSSR count). The van der Waals surface area contributed by atoms with Crippen LogP contribution in [0.3, 0.4) is 0 Å². The van der Waals surface area contributed by atoms with Gasteiger partial charge in [-0.15, -0.1) is 0 Å². The van der Waals surface area contributed by atoms with Crippen LogP contribution in [0.5, 0.6) is 0 Å². The minimum atomic E-state index is -0.185. The van der Waals surface area contributed by atoms with E-state index in [2.05, 4.69) is 22.0 Å². The molecule has 5 heteroatoms. The molecule has 0 fully saturated rings. The van der Waals surface area contributed by atoms with E-state index in [-0.39, 0.29) is 6.04 Å². The first-order valence-corrected chi connectivity index (χ1v) is 5.32. The SMILES string of the molecule is CCCC(N)c1nc(-c2ccccn2)no1. The molecule has 0 radical (unpaired) electrons. The van der Waals surface area contributed by atoms with Crippen LogP contribution >= 0.6 is 0 Å². The molecule has 16 heavy (non-hydrogen) atoms. The second kappa shape index (κ2) is 4.85. The van der Waals surface area contributed by atoms with E-state index < -0.39 is 0 Å². The van der Waals surface area contributed by atoms with Crippen molar-refractivity contribution in [3.05, 3.63) is 30.3 Å². The highest BCUT2D eigenvalue weighted by molar-refractivity contribution is 5.47. The Kier molecular flexibility index (Phi) is 3.26. The van der Waals surface area contributed by atoms with Crippen LogP contribution in [-0.2, 0) is 0 Å². The standard InChI is InChI=1S/C11H14N4O/c1-2-5-8(12)11-14-10(15-16-11)9-6-3-4-7-13-9/h3-4,6-8H,2,5,12H2,1H3. The maximum absolute atomic E-state index is 5.88. The summed E-state index contributed by atoms with van der Waals surface area (Å²) in [6.07, 6.45) is 3.52. The predicted octanol–water partition coefficient (Wildman–Crippen LogP) is 1.93. The van der Waals surface area contributed by atoms with Gasteiger partial charge in [0.2, 0.25) is 11.7 Å². The zero-order valence-corrected chi connectivity index (χ0v) is 9.13. The third-order valence-electron chi connectivity index (χ3n) is 2.25. The summed E-state index contributed by atoms with van der Waals surface area (Å²) in [6, 6.07) is 5.37. The molecule has 0 aliphatic heterocycles. The van der Waals surface area contributed by atoms with Crippen LogP contribution in [0.4, 0.5) is 0 Å². The summed E-state index contributed by atoms with van der Waals surface area (Å²) < 4.78 is 5.11. The number of rotatable bonds is 4. The van der Waals surface area contributed by atoms with Gasteiger partial charge in [0.25, 0.3) is 0 Å². The van der Waals surface area contributed by atoms with Crippen molar-refractivity contribution in [3.63, 3.8) is 0 Å². The van der Waals surface area contributed by atoms with Gasteiger partial charge in [-0.2, -0.15) is 4.98 Å². The average molecular weight is 218 g/mol. The number of nitrogens with zero attached hydrogens (tertiary/aromatic N) is 3. The van der Waals surface area contributed by atoms with Gasteiger partial charge in [0.15, 0.2) is 0 Å². The van der Waals surface area contributed by atoms with Crippen LogP contribution in [0.15, 0.2) is 28.9 Å². The van der Waals surface area contributed by atoms with E-state index in [1.807, 2.05) is 18.2 Å². The first-order chi connectivity index (χ1) is 7.81. The van der Waals surface area contributed by atoms with Crippen molar-refractivity contribution in [1.82, 2.24) is 15.1 Å². The van der Waals surface area contributed by atoms with E-state index in [0.29, 0.717) is 17.4 Å². The molecule has 2 aromatic rings. The monoisotopic (exact) mass is 218 g/mol. The highest BCUT2D eigenvalue weighted by atomic mass is 16.5. The smallest absolute Gasteiger partial charge is 0.243 e. The van der Waals surface area contributed by atoms with Crippen LogP contribution in [-0.4, -0.2) is 15.1 Å². The fraction of sp³-hybridized carbons (Fsp3) is 0.364. The van der Waals surface area contributed by atoms with E-state index in [1.165, 1.54) is 0 Å². The second-order valence-electron chi connectivity index (χ2n) is 3.57. The lowest BCUT2D eigenvalue weighted by molar-refractivity contribution is 0.348. The Hall–Kier alpha value is -1.75. The summed E-state index contributed by atoms with van der Waals surface area (Å²) in [5.74, 6) is 0.963. The molecular weight excluding hydrogens is 204 g/mol. The van der Waals surface area contributed by atoms with Gasteiger partial charge in [-0.1, -0.05) is 24.6 Å². The summed E-state index contributed by atoms with van der Waals surface area (Å²) in [7, 11) is 0. The van der Waals surface area contributed by atoms with Crippen LogP contribution in [0.1, 0.15) is 31.7 Å². The normalized spacial score (nSPS) is 12.6. The van der Waals surface area contributed by atoms with E-state index in [0.717, 1.165) is 12.8 Å². The third-order valence-corrected chi connectivity index (χ3v) is 2.25. The average Bonchev–Trinajstić information content (AvgIpc) is 2.80. The van der Waals surface area contributed by atoms with Crippen LogP contribution < -0.4 is 5.73 Å². The summed E-state index contributed by atoms with van der Waals surface area (Å²) in [5, 5.41) is 3.86. The largest absolute Gasteiger partial charge is 0.337 e. The van der Waals surface area contributed by atoms with Crippen molar-refractivity contribution in [2.45, 2.75) is 25.8 Å². The zero-order valence-electron chi connectivity index (χ0n) is 9.13. The summed E-state index contributed by atoms with van der Waals surface area (Å²) in [4.78, 5) is 8.38. The molecule has 0 saturated heterocycles. The van der Waals surface area contributed by atoms with Crippen molar-refractivity contribution in [1.29, 1.82) is 0 Å². The quantitative estimate of drug-likeness (QED) is 0.848. The van der Waals surface area contributed by atoms with Gasteiger partial charge in [0.1, 0.15) is 5.69 Å². The molecule has 0 spiro atoms. The van der Waals surface area contributed by atoms with Gasteiger partial charge >= 0.3 is 0 Å². The van der Waals surface area contributed by atoms with Gasteiger partial charge in [-0.25, -0.2) is 0 Å². The van der Waals surface area contributed by atoms with Crippen molar-refractivity contribution in [2.75, 3.05) is 0 Å². The van der Waals surface area contributed by atoms with Gasteiger partial charge in [-0.05, 0) is 18.6 Å². The summed E-state index contributed by atoms with van der Waals surface area (Å²) in [6.45, 7) is 2.07. The Morgan fingerprint density at radius 3 is 3.00 bits per heavy atom. The molecule has 0 saturated carbocycles. The summed E-state index contributed by atoms with van der Waals surface area (Å²) >= 11 is 0. The fourth-order valence-electron chi connectivity index (χ4n) is 1.42. The Bertz CT molecular complexity index is 440. The molecule has 2 N–H and O–H groups in total. The van der Waals surface area contributed by atoms with E-state index in [9.17, 15) is 0 Å². The molecule has 1 atom stereocenters. The van der Waals surface area contributed by atoms with Gasteiger partial charge in [0, 0.05) is 6.20 Å². The molecule has 2 heterocycles. The molecule has 5 nitrogen and oxygen atoms in total. The lowest BCUT2D eigenvalue weighted by Crippen LogP contribution is -2.09. The lowest BCUT2D eigenvalue weighted by Gasteiger charge is -2.01.